The topological polar surface area (TPSA) is 38.5 Å². The summed E-state index contributed by atoms with van der Waals surface area (Å²) < 4.78 is 6.26. The molecule has 0 amide bonds. The SMILES string of the molecule is COCCN(Cc1c(N)cccc1Br)C1CC1. The molecule has 1 aliphatic carbocycles. The van der Waals surface area contributed by atoms with Gasteiger partial charge in [-0.3, -0.25) is 4.90 Å². The maximum absolute atomic E-state index is 6.03. The first-order valence-corrected chi connectivity index (χ1v) is 6.77. The Labute approximate surface area is 111 Å². The van der Waals surface area contributed by atoms with Crippen molar-refractivity contribution in [1.29, 1.82) is 0 Å². The van der Waals surface area contributed by atoms with Gasteiger partial charge in [0.25, 0.3) is 0 Å². The number of benzene rings is 1. The second-order valence-corrected chi connectivity index (χ2v) is 5.36. The van der Waals surface area contributed by atoms with Crippen LogP contribution < -0.4 is 5.73 Å². The number of anilines is 1. The van der Waals surface area contributed by atoms with Gasteiger partial charge in [0.15, 0.2) is 0 Å². The van der Waals surface area contributed by atoms with E-state index in [0.717, 1.165) is 35.9 Å². The van der Waals surface area contributed by atoms with Crippen molar-refractivity contribution in [3.8, 4) is 0 Å². The Hall–Kier alpha value is -0.580. The fraction of sp³-hybridized carbons (Fsp3) is 0.538. The van der Waals surface area contributed by atoms with E-state index < -0.39 is 0 Å². The molecular weight excluding hydrogens is 280 g/mol. The van der Waals surface area contributed by atoms with E-state index in [2.05, 4.69) is 20.8 Å². The van der Waals surface area contributed by atoms with Crippen LogP contribution in [0.2, 0.25) is 0 Å². The third kappa shape index (κ3) is 3.44. The molecule has 1 fully saturated rings. The minimum absolute atomic E-state index is 0.719. The maximum Gasteiger partial charge on any atom is 0.0589 e. The van der Waals surface area contributed by atoms with Gasteiger partial charge in [0, 0.05) is 42.0 Å². The Morgan fingerprint density at radius 1 is 1.47 bits per heavy atom. The Morgan fingerprint density at radius 3 is 2.82 bits per heavy atom. The summed E-state index contributed by atoms with van der Waals surface area (Å²) in [5, 5.41) is 0. The summed E-state index contributed by atoms with van der Waals surface area (Å²) in [7, 11) is 1.75. The quantitative estimate of drug-likeness (QED) is 0.821. The molecular formula is C13H19BrN2O. The molecule has 1 saturated carbocycles. The molecule has 0 atom stereocenters. The van der Waals surface area contributed by atoms with E-state index in [1.807, 2.05) is 18.2 Å². The van der Waals surface area contributed by atoms with E-state index in [0.29, 0.717) is 0 Å². The van der Waals surface area contributed by atoms with Crippen LogP contribution in [0, 0.1) is 0 Å². The number of hydrogen-bond donors (Lipinski definition) is 1. The first-order valence-electron chi connectivity index (χ1n) is 5.98. The summed E-state index contributed by atoms with van der Waals surface area (Å²) in [5.41, 5.74) is 8.08. The lowest BCUT2D eigenvalue weighted by atomic mass is 10.1. The van der Waals surface area contributed by atoms with Gasteiger partial charge in [-0.05, 0) is 25.0 Å². The smallest absolute Gasteiger partial charge is 0.0589 e. The second-order valence-electron chi connectivity index (χ2n) is 4.50. The summed E-state index contributed by atoms with van der Waals surface area (Å²) in [4.78, 5) is 2.46. The largest absolute Gasteiger partial charge is 0.398 e. The lowest BCUT2D eigenvalue weighted by Gasteiger charge is -2.23. The van der Waals surface area contributed by atoms with Crippen LogP contribution in [0.4, 0.5) is 5.69 Å². The van der Waals surface area contributed by atoms with Gasteiger partial charge >= 0.3 is 0 Å². The predicted molar refractivity (Wildman–Crippen MR) is 73.9 cm³/mol. The van der Waals surface area contributed by atoms with E-state index in [4.69, 9.17) is 10.5 Å². The normalized spacial score (nSPS) is 15.5. The highest BCUT2D eigenvalue weighted by molar-refractivity contribution is 9.10. The molecule has 0 spiro atoms. The van der Waals surface area contributed by atoms with Crippen molar-refractivity contribution >= 4 is 21.6 Å². The number of nitrogens with two attached hydrogens (primary N) is 1. The van der Waals surface area contributed by atoms with Crippen LogP contribution in [0.1, 0.15) is 18.4 Å². The first-order chi connectivity index (χ1) is 8.22. The van der Waals surface area contributed by atoms with Crippen LogP contribution in [0.15, 0.2) is 22.7 Å². The van der Waals surface area contributed by atoms with Crippen LogP contribution in [-0.2, 0) is 11.3 Å². The Bertz CT molecular complexity index is 359. The molecule has 94 valence electrons. The van der Waals surface area contributed by atoms with Crippen LogP contribution in [0.25, 0.3) is 0 Å². The Morgan fingerprint density at radius 2 is 2.24 bits per heavy atom. The molecule has 0 radical (unpaired) electrons. The molecule has 2 N–H and O–H groups in total. The number of halogens is 1. The summed E-state index contributed by atoms with van der Waals surface area (Å²) in [6.07, 6.45) is 2.60. The zero-order valence-corrected chi connectivity index (χ0v) is 11.7. The molecule has 4 heteroatoms. The zero-order valence-electron chi connectivity index (χ0n) is 10.2. The monoisotopic (exact) mass is 298 g/mol. The van der Waals surface area contributed by atoms with Gasteiger partial charge in [-0.2, -0.15) is 0 Å². The van der Waals surface area contributed by atoms with Crippen molar-refractivity contribution in [2.75, 3.05) is 26.0 Å². The van der Waals surface area contributed by atoms with Gasteiger partial charge in [-0.15, -0.1) is 0 Å². The molecule has 0 heterocycles. The molecule has 2 rings (SSSR count). The van der Waals surface area contributed by atoms with Gasteiger partial charge in [0.05, 0.1) is 6.61 Å². The number of nitrogens with zero attached hydrogens (tertiary/aromatic N) is 1. The van der Waals surface area contributed by atoms with Gasteiger partial charge in [0.1, 0.15) is 0 Å². The molecule has 1 aromatic carbocycles. The molecule has 1 aromatic rings. The minimum Gasteiger partial charge on any atom is -0.398 e. The van der Waals surface area contributed by atoms with Crippen LogP contribution in [-0.4, -0.2) is 31.2 Å². The third-order valence-electron chi connectivity index (χ3n) is 3.16. The molecule has 3 nitrogen and oxygen atoms in total. The summed E-state index contributed by atoms with van der Waals surface area (Å²) >= 11 is 3.58. The number of ether oxygens (including phenoxy) is 1. The average molecular weight is 299 g/mol. The Kier molecular flexibility index (Phi) is 4.42. The molecule has 0 bridgehead atoms. The zero-order chi connectivity index (χ0) is 12.3. The van der Waals surface area contributed by atoms with Crippen LogP contribution >= 0.6 is 15.9 Å². The van der Waals surface area contributed by atoms with Crippen molar-refractivity contribution in [3.63, 3.8) is 0 Å². The fourth-order valence-electron chi connectivity index (χ4n) is 1.98. The number of hydrogen-bond acceptors (Lipinski definition) is 3. The van der Waals surface area contributed by atoms with E-state index in [9.17, 15) is 0 Å². The number of rotatable bonds is 6. The van der Waals surface area contributed by atoms with Crippen LogP contribution in [0.3, 0.4) is 0 Å². The lowest BCUT2D eigenvalue weighted by Crippen LogP contribution is -2.29. The lowest BCUT2D eigenvalue weighted by molar-refractivity contribution is 0.139. The van der Waals surface area contributed by atoms with E-state index in [-0.39, 0.29) is 0 Å². The molecule has 17 heavy (non-hydrogen) atoms. The van der Waals surface area contributed by atoms with Gasteiger partial charge in [-0.1, -0.05) is 22.0 Å². The van der Waals surface area contributed by atoms with Crippen molar-refractivity contribution in [2.45, 2.75) is 25.4 Å². The van der Waals surface area contributed by atoms with Gasteiger partial charge < -0.3 is 10.5 Å². The molecule has 0 aliphatic heterocycles. The third-order valence-corrected chi connectivity index (χ3v) is 3.91. The predicted octanol–water partition coefficient (Wildman–Crippen LogP) is 2.64. The molecule has 1 aliphatic rings. The van der Waals surface area contributed by atoms with Crippen molar-refractivity contribution < 1.29 is 4.74 Å². The molecule has 0 saturated heterocycles. The molecule has 0 aromatic heterocycles. The highest BCUT2D eigenvalue weighted by Crippen LogP contribution is 2.31. The highest BCUT2D eigenvalue weighted by Gasteiger charge is 2.29. The van der Waals surface area contributed by atoms with E-state index in [1.54, 1.807) is 7.11 Å². The highest BCUT2D eigenvalue weighted by atomic mass is 79.9. The van der Waals surface area contributed by atoms with Crippen molar-refractivity contribution in [2.24, 2.45) is 0 Å². The van der Waals surface area contributed by atoms with Gasteiger partial charge in [0.2, 0.25) is 0 Å². The summed E-state index contributed by atoms with van der Waals surface area (Å²) in [6.45, 7) is 2.66. The Balaban J connectivity index is 2.06. The van der Waals surface area contributed by atoms with E-state index >= 15 is 0 Å². The van der Waals surface area contributed by atoms with E-state index in [1.165, 1.54) is 18.4 Å². The van der Waals surface area contributed by atoms with Crippen LogP contribution in [0.5, 0.6) is 0 Å². The number of nitrogen functional groups attached to an aromatic ring is 1. The number of methoxy groups -OCH3 is 1. The van der Waals surface area contributed by atoms with Crippen molar-refractivity contribution in [3.05, 3.63) is 28.2 Å². The van der Waals surface area contributed by atoms with Gasteiger partial charge in [-0.25, -0.2) is 0 Å². The molecule has 0 unspecified atom stereocenters. The van der Waals surface area contributed by atoms with Crippen molar-refractivity contribution in [1.82, 2.24) is 4.90 Å². The average Bonchev–Trinajstić information content (AvgIpc) is 3.12. The standard InChI is InChI=1S/C13H19BrN2O/c1-17-8-7-16(10-5-6-10)9-11-12(14)3-2-4-13(11)15/h2-4,10H,5-9,15H2,1H3. The first kappa shape index (κ1) is 12.9. The second kappa shape index (κ2) is 5.85. The minimum atomic E-state index is 0.719. The summed E-state index contributed by atoms with van der Waals surface area (Å²) in [6, 6.07) is 6.70. The summed E-state index contributed by atoms with van der Waals surface area (Å²) in [5.74, 6) is 0. The fourth-order valence-corrected chi connectivity index (χ4v) is 2.49. The maximum atomic E-state index is 6.03.